The highest BCUT2D eigenvalue weighted by Gasteiger charge is 2.27. The van der Waals surface area contributed by atoms with Crippen LogP contribution in [-0.2, 0) is 24.1 Å². The molecule has 0 unspecified atom stereocenters. The van der Waals surface area contributed by atoms with Crippen molar-refractivity contribution in [3.05, 3.63) is 45.5 Å². The van der Waals surface area contributed by atoms with Crippen molar-refractivity contribution in [2.75, 3.05) is 13.2 Å². The Morgan fingerprint density at radius 2 is 2.30 bits per heavy atom. The van der Waals surface area contributed by atoms with Crippen molar-refractivity contribution < 1.29 is 13.9 Å². The molecule has 0 aromatic carbocycles. The number of fused-ring (bicyclic) bond motifs is 1. The zero-order chi connectivity index (χ0) is 15.6. The lowest BCUT2D eigenvalue weighted by Crippen LogP contribution is -2.36. The molecule has 122 valence electrons. The average Bonchev–Trinajstić information content (AvgIpc) is 3.30. The van der Waals surface area contributed by atoms with Crippen LogP contribution in [0, 0.1) is 0 Å². The van der Waals surface area contributed by atoms with Gasteiger partial charge in [-0.25, -0.2) is 0 Å². The Balaban J connectivity index is 1.53. The van der Waals surface area contributed by atoms with Crippen LogP contribution in [0.1, 0.15) is 45.1 Å². The monoisotopic (exact) mass is 331 g/mol. The van der Waals surface area contributed by atoms with Gasteiger partial charge in [-0.15, -0.1) is 11.3 Å². The van der Waals surface area contributed by atoms with Crippen molar-refractivity contribution >= 4 is 17.2 Å². The summed E-state index contributed by atoms with van der Waals surface area (Å²) < 4.78 is 11.2. The molecule has 23 heavy (non-hydrogen) atoms. The molecule has 1 fully saturated rings. The third kappa shape index (κ3) is 3.21. The van der Waals surface area contributed by atoms with Gasteiger partial charge in [-0.05, 0) is 55.9 Å². The predicted molar refractivity (Wildman–Crippen MR) is 88.8 cm³/mol. The molecule has 2 aromatic heterocycles. The van der Waals surface area contributed by atoms with E-state index in [0.29, 0.717) is 13.1 Å². The third-order valence-corrected chi connectivity index (χ3v) is 5.84. The van der Waals surface area contributed by atoms with E-state index in [1.54, 1.807) is 17.6 Å². The normalized spacial score (nSPS) is 19.9. The molecule has 1 amide bonds. The van der Waals surface area contributed by atoms with Gasteiger partial charge in [-0.2, -0.15) is 0 Å². The second-order valence-corrected chi connectivity index (χ2v) is 7.45. The maximum absolute atomic E-state index is 13.0. The largest absolute Gasteiger partial charge is 0.467 e. The molecule has 0 N–H and O–H groups in total. The standard InChI is InChI=1S/C18H21NO3S/c20-18(17-10-13-4-1-7-16(13)23-17)19(11-14-5-2-8-21-14)12-15-6-3-9-22-15/h2,5,8,10,15H,1,3-4,6-7,9,11-12H2/t15-/m1/s1. The highest BCUT2D eigenvalue weighted by Crippen LogP contribution is 2.31. The predicted octanol–water partition coefficient (Wildman–Crippen LogP) is 3.65. The molecule has 4 nitrogen and oxygen atoms in total. The second-order valence-electron chi connectivity index (χ2n) is 6.31. The Hall–Kier alpha value is -1.59. The molecule has 5 heteroatoms. The van der Waals surface area contributed by atoms with E-state index in [4.69, 9.17) is 9.15 Å². The van der Waals surface area contributed by atoms with Crippen molar-refractivity contribution in [3.63, 3.8) is 0 Å². The molecule has 1 aliphatic heterocycles. The van der Waals surface area contributed by atoms with Gasteiger partial charge in [-0.3, -0.25) is 4.79 Å². The van der Waals surface area contributed by atoms with Gasteiger partial charge >= 0.3 is 0 Å². The van der Waals surface area contributed by atoms with E-state index in [2.05, 4.69) is 6.07 Å². The maximum Gasteiger partial charge on any atom is 0.264 e. The molecule has 0 saturated carbocycles. The Morgan fingerprint density at radius 1 is 1.35 bits per heavy atom. The Labute approximate surface area is 140 Å². The van der Waals surface area contributed by atoms with Crippen LogP contribution in [0.25, 0.3) is 0 Å². The number of amides is 1. The minimum Gasteiger partial charge on any atom is -0.467 e. The van der Waals surface area contributed by atoms with E-state index in [1.807, 2.05) is 17.0 Å². The molecule has 0 spiro atoms. The maximum atomic E-state index is 13.0. The van der Waals surface area contributed by atoms with Crippen LogP contribution < -0.4 is 0 Å². The van der Waals surface area contributed by atoms with Crippen LogP contribution in [0.4, 0.5) is 0 Å². The van der Waals surface area contributed by atoms with Crippen LogP contribution in [0.5, 0.6) is 0 Å². The number of carbonyl (C=O) groups is 1. The molecule has 1 aliphatic carbocycles. The van der Waals surface area contributed by atoms with Crippen LogP contribution in [0.3, 0.4) is 0 Å². The van der Waals surface area contributed by atoms with Crippen LogP contribution in [-0.4, -0.2) is 30.1 Å². The number of nitrogens with zero attached hydrogens (tertiary/aromatic N) is 1. The lowest BCUT2D eigenvalue weighted by molar-refractivity contribution is 0.0495. The van der Waals surface area contributed by atoms with Gasteiger partial charge in [0.1, 0.15) is 5.76 Å². The zero-order valence-electron chi connectivity index (χ0n) is 13.1. The smallest absolute Gasteiger partial charge is 0.264 e. The van der Waals surface area contributed by atoms with Crippen molar-refractivity contribution in [1.82, 2.24) is 4.90 Å². The Bertz CT molecular complexity index is 649. The van der Waals surface area contributed by atoms with E-state index in [1.165, 1.54) is 16.9 Å². The SMILES string of the molecule is O=C(c1cc2c(s1)CCC2)N(Cc1ccco1)C[C@H]1CCCO1. The van der Waals surface area contributed by atoms with E-state index in [9.17, 15) is 4.79 Å². The topological polar surface area (TPSA) is 42.7 Å². The van der Waals surface area contributed by atoms with Crippen molar-refractivity contribution in [3.8, 4) is 0 Å². The molecular weight excluding hydrogens is 310 g/mol. The van der Waals surface area contributed by atoms with Gasteiger partial charge in [0, 0.05) is 18.0 Å². The molecule has 4 rings (SSSR count). The Kier molecular flexibility index (Phi) is 4.23. The van der Waals surface area contributed by atoms with Crippen molar-refractivity contribution in [2.24, 2.45) is 0 Å². The summed E-state index contributed by atoms with van der Waals surface area (Å²) in [6.45, 7) is 1.96. The first-order valence-corrected chi connectivity index (χ1v) is 9.16. The number of hydrogen-bond acceptors (Lipinski definition) is 4. The summed E-state index contributed by atoms with van der Waals surface area (Å²) in [5.41, 5.74) is 1.37. The second kappa shape index (κ2) is 6.49. The molecule has 2 aromatic rings. The first-order chi connectivity index (χ1) is 11.3. The molecule has 2 aliphatic rings. The fourth-order valence-corrected chi connectivity index (χ4v) is 4.66. The number of carbonyl (C=O) groups excluding carboxylic acids is 1. The molecule has 0 radical (unpaired) electrons. The van der Waals surface area contributed by atoms with Crippen molar-refractivity contribution in [1.29, 1.82) is 0 Å². The quantitative estimate of drug-likeness (QED) is 0.840. The van der Waals surface area contributed by atoms with Gasteiger partial charge in [0.2, 0.25) is 0 Å². The summed E-state index contributed by atoms with van der Waals surface area (Å²) in [4.78, 5) is 17.1. The number of hydrogen-bond donors (Lipinski definition) is 0. The number of rotatable bonds is 5. The Morgan fingerprint density at radius 3 is 3.04 bits per heavy atom. The number of ether oxygens (including phenoxy) is 1. The number of aryl methyl sites for hydroxylation is 2. The number of thiophene rings is 1. The summed E-state index contributed by atoms with van der Waals surface area (Å²) in [6.07, 6.45) is 7.38. The fourth-order valence-electron chi connectivity index (χ4n) is 3.43. The van der Waals surface area contributed by atoms with Gasteiger partial charge in [0.05, 0.1) is 23.8 Å². The third-order valence-electron chi connectivity index (χ3n) is 4.62. The van der Waals surface area contributed by atoms with Gasteiger partial charge in [-0.1, -0.05) is 0 Å². The van der Waals surface area contributed by atoms with Gasteiger partial charge in [0.15, 0.2) is 0 Å². The zero-order valence-corrected chi connectivity index (χ0v) is 13.9. The summed E-state index contributed by atoms with van der Waals surface area (Å²) in [5, 5.41) is 0. The van der Waals surface area contributed by atoms with E-state index < -0.39 is 0 Å². The molecule has 0 bridgehead atoms. The lowest BCUT2D eigenvalue weighted by atomic mass is 10.2. The van der Waals surface area contributed by atoms with E-state index in [-0.39, 0.29) is 12.0 Å². The van der Waals surface area contributed by atoms with Gasteiger partial charge < -0.3 is 14.1 Å². The summed E-state index contributed by atoms with van der Waals surface area (Å²) in [6, 6.07) is 5.88. The molecular formula is C18H21NO3S. The molecule has 1 saturated heterocycles. The summed E-state index contributed by atoms with van der Waals surface area (Å²) in [5.74, 6) is 0.928. The van der Waals surface area contributed by atoms with E-state index >= 15 is 0 Å². The summed E-state index contributed by atoms with van der Waals surface area (Å²) in [7, 11) is 0. The van der Waals surface area contributed by atoms with Gasteiger partial charge in [0.25, 0.3) is 5.91 Å². The first-order valence-electron chi connectivity index (χ1n) is 8.34. The fraction of sp³-hybridized carbons (Fsp3) is 0.500. The minimum absolute atomic E-state index is 0.108. The van der Waals surface area contributed by atoms with Crippen molar-refractivity contribution in [2.45, 2.75) is 44.8 Å². The minimum atomic E-state index is 0.108. The van der Waals surface area contributed by atoms with Crippen LogP contribution in [0.2, 0.25) is 0 Å². The molecule has 1 atom stereocenters. The average molecular weight is 331 g/mol. The first kappa shape index (κ1) is 15.0. The number of furan rings is 1. The highest BCUT2D eigenvalue weighted by molar-refractivity contribution is 7.14. The molecule has 3 heterocycles. The highest BCUT2D eigenvalue weighted by atomic mass is 32.1. The van der Waals surface area contributed by atoms with Crippen LogP contribution in [0.15, 0.2) is 28.9 Å². The summed E-state index contributed by atoms with van der Waals surface area (Å²) >= 11 is 1.67. The van der Waals surface area contributed by atoms with Crippen LogP contribution >= 0.6 is 11.3 Å². The van der Waals surface area contributed by atoms with E-state index in [0.717, 1.165) is 42.9 Å². The lowest BCUT2D eigenvalue weighted by Gasteiger charge is -2.24.